The second-order valence-electron chi connectivity index (χ2n) is 10.6. The standard InChI is InChI=1S/C26H32O10/c1-12-10-18(32-14(3)27)21(33-15(4)28)24(6)9-8-17(30)13(2)20(24)22(34-16(5)29)26-19(11-12)35-23(31)25(26,7)36-26/h8-9,11,13,18-22H,10H2,1-7H3/b12-11-/t13-,18-,19-,20+,21+,22+,24-,25?,26-/m0/s1. The quantitative estimate of drug-likeness (QED) is 0.243. The Hall–Kier alpha value is -3.01. The maximum Gasteiger partial charge on any atom is 0.342 e. The summed E-state index contributed by atoms with van der Waals surface area (Å²) in [6, 6.07) is 0. The molecule has 0 amide bonds. The molecule has 10 nitrogen and oxygen atoms in total. The normalized spacial score (nSPS) is 44.6. The molecule has 2 aliphatic carbocycles. The third-order valence-electron chi connectivity index (χ3n) is 8.00. The minimum Gasteiger partial charge on any atom is -0.459 e. The van der Waals surface area contributed by atoms with Gasteiger partial charge in [-0.3, -0.25) is 19.2 Å². The lowest BCUT2D eigenvalue weighted by Gasteiger charge is -2.51. The molecule has 0 aromatic rings. The molecule has 0 saturated carbocycles. The van der Waals surface area contributed by atoms with Crippen molar-refractivity contribution in [3.63, 3.8) is 0 Å². The van der Waals surface area contributed by atoms with Crippen LogP contribution < -0.4 is 0 Å². The van der Waals surface area contributed by atoms with Gasteiger partial charge in [0, 0.05) is 44.4 Å². The summed E-state index contributed by atoms with van der Waals surface area (Å²) in [6.45, 7) is 10.5. The predicted molar refractivity (Wildman–Crippen MR) is 122 cm³/mol. The van der Waals surface area contributed by atoms with Crippen molar-refractivity contribution in [1.82, 2.24) is 0 Å². The number of carbonyl (C=O) groups excluding carboxylic acids is 5. The van der Waals surface area contributed by atoms with Gasteiger partial charge in [0.2, 0.25) is 0 Å². The van der Waals surface area contributed by atoms with Crippen molar-refractivity contribution in [2.45, 2.75) is 90.5 Å². The van der Waals surface area contributed by atoms with Gasteiger partial charge in [0.05, 0.1) is 0 Å². The molecule has 2 heterocycles. The van der Waals surface area contributed by atoms with Crippen LogP contribution in [0, 0.1) is 17.3 Å². The lowest BCUT2D eigenvalue weighted by atomic mass is 9.57. The zero-order chi connectivity index (χ0) is 26.8. The van der Waals surface area contributed by atoms with E-state index in [0.29, 0.717) is 5.57 Å². The average Bonchev–Trinajstić information content (AvgIpc) is 3.34. The Morgan fingerprint density at radius 1 is 0.972 bits per heavy atom. The first-order valence-electron chi connectivity index (χ1n) is 12.0. The summed E-state index contributed by atoms with van der Waals surface area (Å²) < 4.78 is 29.2. The van der Waals surface area contributed by atoms with Crippen LogP contribution in [0.2, 0.25) is 0 Å². The molecule has 196 valence electrons. The van der Waals surface area contributed by atoms with Gasteiger partial charge in [-0.1, -0.05) is 25.5 Å². The number of epoxide rings is 1. The number of ether oxygens (including phenoxy) is 5. The zero-order valence-corrected chi connectivity index (χ0v) is 21.5. The Bertz CT molecular complexity index is 1090. The highest BCUT2D eigenvalue weighted by molar-refractivity contribution is 5.93. The van der Waals surface area contributed by atoms with Crippen LogP contribution in [-0.2, 0) is 47.7 Å². The summed E-state index contributed by atoms with van der Waals surface area (Å²) in [6.07, 6.45) is 0.828. The van der Waals surface area contributed by atoms with Gasteiger partial charge >= 0.3 is 23.9 Å². The lowest BCUT2D eigenvalue weighted by Crippen LogP contribution is -2.61. The van der Waals surface area contributed by atoms with E-state index in [0.717, 1.165) is 0 Å². The number of fused-ring (bicyclic) bond motifs is 1. The van der Waals surface area contributed by atoms with Crippen molar-refractivity contribution in [3.05, 3.63) is 23.8 Å². The van der Waals surface area contributed by atoms with Gasteiger partial charge in [0.1, 0.15) is 18.3 Å². The van der Waals surface area contributed by atoms with Crippen LogP contribution in [0.4, 0.5) is 0 Å². The first kappa shape index (κ1) is 26.1. The molecule has 0 bridgehead atoms. The summed E-state index contributed by atoms with van der Waals surface area (Å²) in [5, 5.41) is 0. The van der Waals surface area contributed by atoms with Crippen molar-refractivity contribution in [1.29, 1.82) is 0 Å². The molecule has 0 aromatic heterocycles. The summed E-state index contributed by atoms with van der Waals surface area (Å²) in [5.41, 5.74) is -3.28. The molecule has 0 N–H and O–H groups in total. The molecule has 4 aliphatic rings. The average molecular weight is 505 g/mol. The second kappa shape index (κ2) is 8.54. The van der Waals surface area contributed by atoms with Crippen LogP contribution in [0.1, 0.15) is 54.9 Å². The van der Waals surface area contributed by atoms with E-state index in [1.54, 1.807) is 39.8 Å². The van der Waals surface area contributed by atoms with Crippen LogP contribution >= 0.6 is 0 Å². The minimum absolute atomic E-state index is 0.162. The highest BCUT2D eigenvalue weighted by Gasteiger charge is 2.87. The third kappa shape index (κ3) is 3.77. The van der Waals surface area contributed by atoms with E-state index in [4.69, 9.17) is 23.7 Å². The molecule has 4 rings (SSSR count). The van der Waals surface area contributed by atoms with E-state index in [9.17, 15) is 24.0 Å². The van der Waals surface area contributed by atoms with Crippen LogP contribution in [0.15, 0.2) is 23.8 Å². The van der Waals surface area contributed by atoms with Crippen molar-refractivity contribution in [2.24, 2.45) is 17.3 Å². The molecule has 1 spiro atoms. The number of allylic oxidation sites excluding steroid dienone is 1. The van der Waals surface area contributed by atoms with Crippen LogP contribution in [0.5, 0.6) is 0 Å². The van der Waals surface area contributed by atoms with Crippen LogP contribution in [0.3, 0.4) is 0 Å². The van der Waals surface area contributed by atoms with E-state index in [-0.39, 0.29) is 12.2 Å². The minimum atomic E-state index is -1.40. The number of carbonyl (C=O) groups is 5. The summed E-state index contributed by atoms with van der Waals surface area (Å²) in [4.78, 5) is 62.7. The van der Waals surface area contributed by atoms with E-state index in [2.05, 4.69) is 0 Å². The molecule has 1 unspecified atom stereocenters. The third-order valence-corrected chi connectivity index (χ3v) is 8.00. The van der Waals surface area contributed by atoms with Crippen LogP contribution in [-0.4, -0.2) is 65.3 Å². The summed E-state index contributed by atoms with van der Waals surface area (Å²) in [7, 11) is 0. The predicted octanol–water partition coefficient (Wildman–Crippen LogP) is 1.98. The number of rotatable bonds is 3. The Labute approximate surface area is 209 Å². The maximum absolute atomic E-state index is 13.0. The van der Waals surface area contributed by atoms with Crippen molar-refractivity contribution < 1.29 is 47.7 Å². The topological polar surface area (TPSA) is 135 Å². The number of hydrogen-bond acceptors (Lipinski definition) is 10. The SMILES string of the molecule is CC(=O)O[C@H]1C/C(C)=C\[C@@H]2OC(=O)C3(C)O[C@]23[C@H](OC(C)=O)[C@H]2[C@@H](C)C(=O)C=C[C@]2(C)[C@@H]1OC(C)=O. The first-order valence-corrected chi connectivity index (χ1v) is 12.0. The number of ketones is 1. The largest absolute Gasteiger partial charge is 0.459 e. The van der Waals surface area contributed by atoms with Gasteiger partial charge in [0.25, 0.3) is 0 Å². The summed E-state index contributed by atoms with van der Waals surface area (Å²) >= 11 is 0. The zero-order valence-electron chi connectivity index (χ0n) is 21.5. The molecule has 9 atom stereocenters. The molecule has 2 saturated heterocycles. The highest BCUT2D eigenvalue weighted by atomic mass is 16.7. The van der Waals surface area contributed by atoms with Gasteiger partial charge < -0.3 is 23.7 Å². The monoisotopic (exact) mass is 504 g/mol. The van der Waals surface area contributed by atoms with Gasteiger partial charge in [-0.05, 0) is 26.0 Å². The molecule has 2 fully saturated rings. The Kier molecular flexibility index (Phi) is 6.18. The Morgan fingerprint density at radius 2 is 1.56 bits per heavy atom. The van der Waals surface area contributed by atoms with Crippen molar-refractivity contribution in [2.75, 3.05) is 0 Å². The molecular formula is C26H32O10. The van der Waals surface area contributed by atoms with Crippen molar-refractivity contribution >= 4 is 29.7 Å². The van der Waals surface area contributed by atoms with Gasteiger partial charge in [-0.15, -0.1) is 0 Å². The first-order chi connectivity index (χ1) is 16.7. The van der Waals surface area contributed by atoms with E-state index in [1.165, 1.54) is 26.8 Å². The van der Waals surface area contributed by atoms with Gasteiger partial charge in [-0.25, -0.2) is 4.79 Å². The second-order valence-corrected chi connectivity index (χ2v) is 10.6. The van der Waals surface area contributed by atoms with E-state index in [1.807, 2.05) is 0 Å². The molecular weight excluding hydrogens is 472 g/mol. The number of esters is 4. The van der Waals surface area contributed by atoms with E-state index >= 15 is 0 Å². The number of hydrogen-bond donors (Lipinski definition) is 0. The molecule has 0 aromatic carbocycles. The molecule has 10 heteroatoms. The fraction of sp³-hybridized carbons (Fsp3) is 0.654. The lowest BCUT2D eigenvalue weighted by molar-refractivity contribution is -0.193. The fourth-order valence-electron chi connectivity index (χ4n) is 6.38. The summed E-state index contributed by atoms with van der Waals surface area (Å²) in [5.74, 6) is -4.22. The maximum atomic E-state index is 13.0. The molecule has 36 heavy (non-hydrogen) atoms. The Morgan fingerprint density at radius 3 is 2.11 bits per heavy atom. The highest BCUT2D eigenvalue weighted by Crippen LogP contribution is 2.64. The smallest absolute Gasteiger partial charge is 0.342 e. The van der Waals surface area contributed by atoms with Gasteiger partial charge in [0.15, 0.2) is 23.1 Å². The fourth-order valence-corrected chi connectivity index (χ4v) is 6.38. The van der Waals surface area contributed by atoms with Crippen LogP contribution in [0.25, 0.3) is 0 Å². The van der Waals surface area contributed by atoms with E-state index < -0.39 is 76.7 Å². The molecule has 0 radical (unpaired) electrons. The van der Waals surface area contributed by atoms with Gasteiger partial charge in [-0.2, -0.15) is 0 Å². The Balaban J connectivity index is 2.01. The van der Waals surface area contributed by atoms with Crippen molar-refractivity contribution in [3.8, 4) is 0 Å². The molecule has 2 aliphatic heterocycles.